The van der Waals surface area contributed by atoms with Crippen LogP contribution in [0.4, 0.5) is 0 Å². The zero-order chi connectivity index (χ0) is 21.8. The van der Waals surface area contributed by atoms with Gasteiger partial charge in [0.05, 0.1) is 26.1 Å². The summed E-state index contributed by atoms with van der Waals surface area (Å²) in [6, 6.07) is 3.51. The largest absolute Gasteiger partial charge is 0.496 e. The zero-order valence-electron chi connectivity index (χ0n) is 18.4. The van der Waals surface area contributed by atoms with E-state index in [-0.39, 0.29) is 18.2 Å². The minimum atomic E-state index is -0.492. The van der Waals surface area contributed by atoms with Crippen molar-refractivity contribution in [2.45, 2.75) is 46.3 Å². The van der Waals surface area contributed by atoms with E-state index in [9.17, 15) is 9.59 Å². The average Bonchev–Trinajstić information content (AvgIpc) is 3.12. The van der Waals surface area contributed by atoms with Crippen LogP contribution in [0.5, 0.6) is 5.75 Å². The molecule has 0 saturated carbocycles. The van der Waals surface area contributed by atoms with Crippen LogP contribution in [0.3, 0.4) is 0 Å². The fourth-order valence-electron chi connectivity index (χ4n) is 3.82. The number of ether oxygens (including phenoxy) is 1. The summed E-state index contributed by atoms with van der Waals surface area (Å²) in [6.07, 6.45) is 1.87. The molecule has 0 aliphatic carbocycles. The number of aromatic nitrogens is 2. The number of benzene rings is 1. The molecular formula is C22H31N5O3. The molecule has 1 aliphatic rings. The number of imidazole rings is 1. The van der Waals surface area contributed by atoms with Crippen LogP contribution < -0.4 is 10.1 Å². The zero-order valence-corrected chi connectivity index (χ0v) is 18.4. The van der Waals surface area contributed by atoms with Crippen molar-refractivity contribution in [3.8, 4) is 5.75 Å². The van der Waals surface area contributed by atoms with Crippen molar-refractivity contribution in [1.29, 1.82) is 0 Å². The molecule has 2 amide bonds. The lowest BCUT2D eigenvalue weighted by molar-refractivity contribution is -0.138. The molecule has 1 aliphatic heterocycles. The highest BCUT2D eigenvalue weighted by atomic mass is 16.5. The van der Waals surface area contributed by atoms with Crippen LogP contribution in [0.15, 0.2) is 18.3 Å². The molecule has 1 aromatic heterocycles. The highest BCUT2D eigenvalue weighted by Gasteiger charge is 2.33. The van der Waals surface area contributed by atoms with E-state index >= 15 is 0 Å². The number of rotatable bonds is 7. The van der Waals surface area contributed by atoms with Gasteiger partial charge in [0.1, 0.15) is 11.6 Å². The fourth-order valence-corrected chi connectivity index (χ4v) is 3.82. The van der Waals surface area contributed by atoms with Gasteiger partial charge in [-0.25, -0.2) is 4.98 Å². The minimum absolute atomic E-state index is 0.0845. The first kappa shape index (κ1) is 21.8. The minimum Gasteiger partial charge on any atom is -0.496 e. The first-order valence-corrected chi connectivity index (χ1v) is 10.2. The van der Waals surface area contributed by atoms with Gasteiger partial charge < -0.3 is 19.9 Å². The Morgan fingerprint density at radius 2 is 2.07 bits per heavy atom. The van der Waals surface area contributed by atoms with Crippen molar-refractivity contribution in [2.75, 3.05) is 27.2 Å². The Bertz CT molecular complexity index is 923. The number of hydrogen-bond acceptors (Lipinski definition) is 5. The number of piperazine rings is 1. The van der Waals surface area contributed by atoms with Gasteiger partial charge in [-0.15, -0.1) is 0 Å². The molecule has 1 fully saturated rings. The van der Waals surface area contributed by atoms with E-state index in [1.54, 1.807) is 25.3 Å². The van der Waals surface area contributed by atoms with E-state index in [2.05, 4.69) is 27.1 Å². The molecule has 162 valence electrons. The van der Waals surface area contributed by atoms with Gasteiger partial charge in [0.2, 0.25) is 11.8 Å². The standard InChI is InChI=1S/C22H31N5O3/c1-14-11-24-20(25-14)13-26(4)21(28)10-18-22(29)23-8-9-27(18)12-17-6-7-19(30-5)16(3)15(17)2/h6-7,11,18H,8-10,12-13H2,1-5H3,(H,23,29)(H,24,25)/t18-/m0/s1. The van der Waals surface area contributed by atoms with E-state index < -0.39 is 6.04 Å². The van der Waals surface area contributed by atoms with Gasteiger partial charge in [0.25, 0.3) is 0 Å². The molecule has 2 aromatic rings. The maximum Gasteiger partial charge on any atom is 0.237 e. The summed E-state index contributed by atoms with van der Waals surface area (Å²) in [5.41, 5.74) is 4.34. The van der Waals surface area contributed by atoms with Crippen molar-refractivity contribution in [2.24, 2.45) is 0 Å². The Balaban J connectivity index is 1.71. The highest BCUT2D eigenvalue weighted by molar-refractivity contribution is 5.88. The number of amides is 2. The second-order valence-electron chi connectivity index (χ2n) is 7.92. The fraction of sp³-hybridized carbons (Fsp3) is 0.500. The molecule has 8 heteroatoms. The Morgan fingerprint density at radius 1 is 1.30 bits per heavy atom. The Labute approximate surface area is 177 Å². The molecule has 2 heterocycles. The number of aromatic amines is 1. The lowest BCUT2D eigenvalue weighted by atomic mass is 10.00. The molecule has 1 saturated heterocycles. The van der Waals surface area contributed by atoms with Crippen LogP contribution in [0.1, 0.15) is 34.6 Å². The summed E-state index contributed by atoms with van der Waals surface area (Å²) in [6.45, 7) is 8.31. The predicted molar refractivity (Wildman–Crippen MR) is 114 cm³/mol. The second kappa shape index (κ2) is 9.30. The van der Waals surface area contributed by atoms with E-state index in [0.29, 0.717) is 26.2 Å². The van der Waals surface area contributed by atoms with Crippen LogP contribution in [-0.4, -0.2) is 64.9 Å². The predicted octanol–water partition coefficient (Wildman–Crippen LogP) is 1.69. The molecule has 3 rings (SSSR count). The van der Waals surface area contributed by atoms with Crippen LogP contribution in [0.25, 0.3) is 0 Å². The molecule has 0 bridgehead atoms. The third kappa shape index (κ3) is 4.81. The van der Waals surface area contributed by atoms with Gasteiger partial charge in [-0.2, -0.15) is 0 Å². The van der Waals surface area contributed by atoms with E-state index in [1.807, 2.05) is 26.0 Å². The normalized spacial score (nSPS) is 17.0. The van der Waals surface area contributed by atoms with Crippen molar-refractivity contribution >= 4 is 11.8 Å². The van der Waals surface area contributed by atoms with Crippen molar-refractivity contribution in [3.63, 3.8) is 0 Å². The van der Waals surface area contributed by atoms with Gasteiger partial charge in [-0.1, -0.05) is 6.07 Å². The number of aryl methyl sites for hydroxylation is 1. The third-order valence-corrected chi connectivity index (χ3v) is 5.82. The summed E-state index contributed by atoms with van der Waals surface area (Å²) in [5, 5.41) is 2.90. The summed E-state index contributed by atoms with van der Waals surface area (Å²) in [7, 11) is 3.40. The van der Waals surface area contributed by atoms with Crippen LogP contribution in [0.2, 0.25) is 0 Å². The number of nitrogens with one attached hydrogen (secondary N) is 2. The van der Waals surface area contributed by atoms with E-state index in [1.165, 1.54) is 0 Å². The summed E-state index contributed by atoms with van der Waals surface area (Å²) < 4.78 is 5.40. The van der Waals surface area contributed by atoms with Gasteiger partial charge in [0.15, 0.2) is 0 Å². The molecule has 8 nitrogen and oxygen atoms in total. The van der Waals surface area contributed by atoms with Crippen LogP contribution in [-0.2, 0) is 22.7 Å². The first-order chi connectivity index (χ1) is 14.3. The summed E-state index contributed by atoms with van der Waals surface area (Å²) in [5.74, 6) is 1.41. The molecule has 30 heavy (non-hydrogen) atoms. The summed E-state index contributed by atoms with van der Waals surface area (Å²) in [4.78, 5) is 36.5. The molecule has 0 unspecified atom stereocenters. The molecule has 0 radical (unpaired) electrons. The smallest absolute Gasteiger partial charge is 0.237 e. The first-order valence-electron chi connectivity index (χ1n) is 10.2. The van der Waals surface area contributed by atoms with Crippen molar-refractivity contribution in [3.05, 3.63) is 46.5 Å². The van der Waals surface area contributed by atoms with Crippen LogP contribution >= 0.6 is 0 Å². The lowest BCUT2D eigenvalue weighted by Gasteiger charge is -2.35. The Morgan fingerprint density at radius 3 is 2.73 bits per heavy atom. The second-order valence-corrected chi connectivity index (χ2v) is 7.92. The maximum atomic E-state index is 12.8. The molecule has 0 spiro atoms. The van der Waals surface area contributed by atoms with E-state index in [4.69, 9.17) is 4.74 Å². The monoisotopic (exact) mass is 413 g/mol. The number of H-pyrrole nitrogens is 1. The molecule has 1 aromatic carbocycles. The molecule has 1 atom stereocenters. The SMILES string of the molecule is COc1ccc(CN2CCNC(=O)[C@@H]2CC(=O)N(C)Cc2ncc(C)[nH]2)c(C)c1C. The van der Waals surface area contributed by atoms with Gasteiger partial charge >= 0.3 is 0 Å². The Hall–Kier alpha value is -2.87. The number of nitrogens with zero attached hydrogens (tertiary/aromatic N) is 3. The number of carbonyl (C=O) groups is 2. The molecular weight excluding hydrogens is 382 g/mol. The van der Waals surface area contributed by atoms with E-state index in [0.717, 1.165) is 34.0 Å². The topological polar surface area (TPSA) is 90.6 Å². The van der Waals surface area contributed by atoms with Gasteiger partial charge in [-0.05, 0) is 43.5 Å². The average molecular weight is 414 g/mol. The van der Waals surface area contributed by atoms with Crippen molar-refractivity contribution < 1.29 is 14.3 Å². The highest BCUT2D eigenvalue weighted by Crippen LogP contribution is 2.26. The third-order valence-electron chi connectivity index (χ3n) is 5.82. The van der Waals surface area contributed by atoms with Crippen molar-refractivity contribution in [1.82, 2.24) is 25.1 Å². The maximum absolute atomic E-state index is 12.8. The summed E-state index contributed by atoms with van der Waals surface area (Å²) >= 11 is 0. The number of hydrogen-bond donors (Lipinski definition) is 2. The van der Waals surface area contributed by atoms with Crippen LogP contribution in [0, 0.1) is 20.8 Å². The lowest BCUT2D eigenvalue weighted by Crippen LogP contribution is -2.56. The number of carbonyl (C=O) groups excluding carboxylic acids is 2. The number of methoxy groups -OCH3 is 1. The van der Waals surface area contributed by atoms with Gasteiger partial charge in [-0.3, -0.25) is 14.5 Å². The van der Waals surface area contributed by atoms with Gasteiger partial charge in [0, 0.05) is 38.6 Å². The quantitative estimate of drug-likeness (QED) is 0.721. The molecule has 2 N–H and O–H groups in total. The Kier molecular flexibility index (Phi) is 6.77.